The average molecular weight is 476 g/mol. The summed E-state index contributed by atoms with van der Waals surface area (Å²) in [6.07, 6.45) is 2.78. The molecule has 0 amide bonds. The maximum Gasteiger partial charge on any atom is 0.299 e. The molecule has 178 valence electrons. The Morgan fingerprint density at radius 2 is 2.03 bits per heavy atom. The van der Waals surface area contributed by atoms with Crippen molar-refractivity contribution in [3.8, 4) is 17.4 Å². The standard InChI is InChI=1S/C25H23F2N7O/c1-25(2)13-35-24-31-19-22(29-8-7-14-12-30-18-6-4-3-5-17(14)18)32-21(33-23(19)34(24)25)16-9-15(20(26)27)10-28-11-16/h3-6,9-12,20,30H,7-8,13H2,1-2H3,(H,29,32,33). The second-order valence-electron chi connectivity index (χ2n) is 9.24. The number of rotatable bonds is 6. The van der Waals surface area contributed by atoms with Crippen molar-refractivity contribution in [3.63, 3.8) is 0 Å². The van der Waals surface area contributed by atoms with Gasteiger partial charge in [0.15, 0.2) is 22.8 Å². The highest BCUT2D eigenvalue weighted by molar-refractivity contribution is 5.87. The minimum Gasteiger partial charge on any atom is -0.462 e. The number of aromatic amines is 1. The Bertz CT molecular complexity index is 1560. The molecule has 4 aromatic heterocycles. The van der Waals surface area contributed by atoms with Gasteiger partial charge >= 0.3 is 0 Å². The summed E-state index contributed by atoms with van der Waals surface area (Å²) in [7, 11) is 0. The van der Waals surface area contributed by atoms with Crippen molar-refractivity contribution >= 4 is 27.9 Å². The summed E-state index contributed by atoms with van der Waals surface area (Å²) in [4.78, 5) is 21.3. The zero-order valence-electron chi connectivity index (χ0n) is 19.2. The highest BCUT2D eigenvalue weighted by Crippen LogP contribution is 2.37. The van der Waals surface area contributed by atoms with Crippen molar-refractivity contribution < 1.29 is 13.5 Å². The van der Waals surface area contributed by atoms with Gasteiger partial charge in [-0.25, -0.2) is 18.7 Å². The lowest BCUT2D eigenvalue weighted by Gasteiger charge is -2.18. The Morgan fingerprint density at radius 1 is 1.17 bits per heavy atom. The predicted molar refractivity (Wildman–Crippen MR) is 129 cm³/mol. The number of anilines is 1. The normalized spacial score (nSPS) is 14.5. The highest BCUT2D eigenvalue weighted by Gasteiger charge is 2.36. The quantitative estimate of drug-likeness (QED) is 0.355. The molecule has 1 aliphatic heterocycles. The van der Waals surface area contributed by atoms with Crippen LogP contribution in [0.4, 0.5) is 14.6 Å². The summed E-state index contributed by atoms with van der Waals surface area (Å²) in [6, 6.07) is 9.99. The SMILES string of the molecule is CC1(C)COc2nc3c(NCCc4c[nH]c5ccccc45)nc(-c4cncc(C(F)F)c4)nc3n21. The van der Waals surface area contributed by atoms with Crippen LogP contribution in [-0.4, -0.2) is 42.6 Å². The number of ether oxygens (including phenoxy) is 1. The van der Waals surface area contributed by atoms with E-state index in [1.54, 1.807) is 0 Å². The van der Waals surface area contributed by atoms with Crippen molar-refractivity contribution in [2.24, 2.45) is 0 Å². The first-order valence-corrected chi connectivity index (χ1v) is 11.4. The van der Waals surface area contributed by atoms with Gasteiger partial charge in [-0.2, -0.15) is 4.98 Å². The van der Waals surface area contributed by atoms with E-state index in [0.29, 0.717) is 47.5 Å². The molecule has 8 nitrogen and oxygen atoms in total. The fraction of sp³-hybridized carbons (Fsp3) is 0.280. The molecule has 5 heterocycles. The maximum atomic E-state index is 13.3. The summed E-state index contributed by atoms with van der Waals surface area (Å²) in [5, 5.41) is 4.56. The molecule has 0 unspecified atom stereocenters. The minimum absolute atomic E-state index is 0.179. The molecular formula is C25H23F2N7O. The van der Waals surface area contributed by atoms with Gasteiger partial charge in [0.25, 0.3) is 12.4 Å². The van der Waals surface area contributed by atoms with E-state index < -0.39 is 6.43 Å². The molecule has 0 radical (unpaired) electrons. The van der Waals surface area contributed by atoms with E-state index in [-0.39, 0.29) is 11.1 Å². The number of fused-ring (bicyclic) bond motifs is 4. The number of hydrogen-bond donors (Lipinski definition) is 2. The number of imidazole rings is 1. The molecule has 0 aliphatic carbocycles. The third kappa shape index (κ3) is 3.65. The smallest absolute Gasteiger partial charge is 0.299 e. The van der Waals surface area contributed by atoms with Crippen molar-refractivity contribution in [1.82, 2.24) is 29.5 Å². The number of nitrogens with one attached hydrogen (secondary N) is 2. The summed E-state index contributed by atoms with van der Waals surface area (Å²) in [5.74, 6) is 0.820. The molecule has 1 aromatic carbocycles. The molecule has 35 heavy (non-hydrogen) atoms. The number of halogens is 2. The van der Waals surface area contributed by atoms with Crippen LogP contribution in [0.5, 0.6) is 6.01 Å². The Balaban J connectivity index is 1.40. The molecule has 0 fully saturated rings. The molecule has 6 rings (SSSR count). The fourth-order valence-electron chi connectivity index (χ4n) is 4.49. The number of hydrogen-bond acceptors (Lipinski definition) is 6. The van der Waals surface area contributed by atoms with Gasteiger partial charge in [0.1, 0.15) is 6.61 Å². The van der Waals surface area contributed by atoms with Crippen molar-refractivity contribution in [3.05, 3.63) is 60.0 Å². The van der Waals surface area contributed by atoms with E-state index >= 15 is 0 Å². The first-order valence-electron chi connectivity index (χ1n) is 11.4. The third-order valence-electron chi connectivity index (χ3n) is 6.27. The van der Waals surface area contributed by atoms with Gasteiger partial charge in [-0.15, -0.1) is 0 Å². The lowest BCUT2D eigenvalue weighted by Crippen LogP contribution is -2.25. The van der Waals surface area contributed by atoms with Crippen LogP contribution in [0.3, 0.4) is 0 Å². The van der Waals surface area contributed by atoms with E-state index in [2.05, 4.69) is 31.3 Å². The largest absolute Gasteiger partial charge is 0.462 e. The number of alkyl halides is 2. The van der Waals surface area contributed by atoms with E-state index in [0.717, 1.165) is 18.1 Å². The zero-order valence-corrected chi connectivity index (χ0v) is 19.2. The summed E-state index contributed by atoms with van der Waals surface area (Å²) in [5.41, 5.74) is 3.31. The van der Waals surface area contributed by atoms with E-state index in [1.807, 2.05) is 42.8 Å². The van der Waals surface area contributed by atoms with Crippen LogP contribution >= 0.6 is 0 Å². The number of H-pyrrole nitrogens is 1. The Hall–Kier alpha value is -4.08. The van der Waals surface area contributed by atoms with Crippen molar-refractivity contribution in [2.45, 2.75) is 32.2 Å². The van der Waals surface area contributed by atoms with Gasteiger partial charge in [0.2, 0.25) is 0 Å². The lowest BCUT2D eigenvalue weighted by molar-refractivity contribution is 0.151. The summed E-state index contributed by atoms with van der Waals surface area (Å²) >= 11 is 0. The van der Waals surface area contributed by atoms with Crippen LogP contribution in [0.2, 0.25) is 0 Å². The van der Waals surface area contributed by atoms with Gasteiger partial charge in [-0.3, -0.25) is 9.55 Å². The third-order valence-corrected chi connectivity index (χ3v) is 6.27. The lowest BCUT2D eigenvalue weighted by atomic mass is 10.1. The highest BCUT2D eigenvalue weighted by atomic mass is 19.3. The summed E-state index contributed by atoms with van der Waals surface area (Å²) in [6.45, 7) is 5.14. The molecule has 0 saturated heterocycles. The average Bonchev–Trinajstić information content (AvgIpc) is 3.52. The predicted octanol–water partition coefficient (Wildman–Crippen LogP) is 5.09. The van der Waals surface area contributed by atoms with Crippen LogP contribution in [0.1, 0.15) is 31.4 Å². The van der Waals surface area contributed by atoms with Crippen LogP contribution in [0.25, 0.3) is 33.5 Å². The molecule has 10 heteroatoms. The molecule has 0 bridgehead atoms. The van der Waals surface area contributed by atoms with Gasteiger partial charge in [-0.05, 0) is 38.0 Å². The number of benzene rings is 1. The van der Waals surface area contributed by atoms with Gasteiger partial charge in [0.05, 0.1) is 5.54 Å². The molecule has 1 aliphatic rings. The number of nitrogens with zero attached hydrogens (tertiary/aromatic N) is 5. The zero-order chi connectivity index (χ0) is 24.2. The molecule has 0 spiro atoms. The van der Waals surface area contributed by atoms with Crippen molar-refractivity contribution in [1.29, 1.82) is 0 Å². The number of para-hydroxylation sites is 1. The molecule has 0 saturated carbocycles. The fourth-order valence-corrected chi connectivity index (χ4v) is 4.49. The van der Waals surface area contributed by atoms with Crippen molar-refractivity contribution in [2.75, 3.05) is 18.5 Å². The van der Waals surface area contributed by atoms with Gasteiger partial charge in [0, 0.05) is 47.2 Å². The van der Waals surface area contributed by atoms with Crippen LogP contribution in [0.15, 0.2) is 48.9 Å². The topological polar surface area (TPSA) is 93.5 Å². The second kappa shape index (κ2) is 8.00. The summed E-state index contributed by atoms with van der Waals surface area (Å²) < 4.78 is 34.4. The van der Waals surface area contributed by atoms with Crippen LogP contribution in [-0.2, 0) is 12.0 Å². The van der Waals surface area contributed by atoms with Gasteiger partial charge in [-0.1, -0.05) is 18.2 Å². The Labute approximate surface area is 199 Å². The first-order chi connectivity index (χ1) is 16.9. The number of aromatic nitrogens is 6. The van der Waals surface area contributed by atoms with E-state index in [4.69, 9.17) is 9.72 Å². The Morgan fingerprint density at radius 3 is 2.89 bits per heavy atom. The molecule has 2 N–H and O–H groups in total. The maximum absolute atomic E-state index is 13.3. The monoisotopic (exact) mass is 475 g/mol. The Kier molecular flexibility index (Phi) is 4.91. The molecule has 5 aromatic rings. The van der Waals surface area contributed by atoms with Crippen LogP contribution in [0, 0.1) is 0 Å². The molecule has 0 atom stereocenters. The van der Waals surface area contributed by atoms with Gasteiger partial charge < -0.3 is 15.0 Å². The number of pyridine rings is 1. The molecular weight excluding hydrogens is 452 g/mol. The van der Waals surface area contributed by atoms with Crippen LogP contribution < -0.4 is 10.1 Å². The van der Waals surface area contributed by atoms with E-state index in [1.165, 1.54) is 23.2 Å². The van der Waals surface area contributed by atoms with E-state index in [9.17, 15) is 8.78 Å². The second-order valence-corrected chi connectivity index (χ2v) is 9.24. The first kappa shape index (κ1) is 21.5. The minimum atomic E-state index is -2.63.